The number of carbonyl (C=O) groups excluding carboxylic acids is 3. The summed E-state index contributed by atoms with van der Waals surface area (Å²) in [4.78, 5) is 39.1. The lowest BCUT2D eigenvalue weighted by atomic mass is 10.1. The zero-order valence-electron chi connectivity index (χ0n) is 15.2. The Hall–Kier alpha value is -3.87. The average Bonchev–Trinajstić information content (AvgIpc) is 2.95. The Balaban J connectivity index is 1.66. The molecule has 1 heterocycles. The van der Waals surface area contributed by atoms with Gasteiger partial charge in [0.25, 0.3) is 17.7 Å². The summed E-state index contributed by atoms with van der Waals surface area (Å²) < 4.78 is 27.1. The van der Waals surface area contributed by atoms with Gasteiger partial charge in [-0.1, -0.05) is 18.2 Å². The molecule has 0 aliphatic carbocycles. The summed E-state index contributed by atoms with van der Waals surface area (Å²) in [5.74, 6) is -3.26. The van der Waals surface area contributed by atoms with Gasteiger partial charge >= 0.3 is 0 Å². The lowest BCUT2D eigenvalue weighted by Gasteiger charge is -2.16. The summed E-state index contributed by atoms with van der Waals surface area (Å²) in [6.45, 7) is 1.78. The number of fused-ring (bicyclic) bond motifs is 1. The molecule has 1 N–H and O–H groups in total. The van der Waals surface area contributed by atoms with Crippen LogP contribution in [0.25, 0.3) is 0 Å². The van der Waals surface area contributed by atoms with E-state index >= 15 is 0 Å². The third-order valence-electron chi connectivity index (χ3n) is 4.68. The highest BCUT2D eigenvalue weighted by Crippen LogP contribution is 2.31. The van der Waals surface area contributed by atoms with E-state index in [0.29, 0.717) is 5.69 Å². The van der Waals surface area contributed by atoms with Crippen LogP contribution in [0.5, 0.6) is 0 Å². The molecule has 5 nitrogen and oxygen atoms in total. The molecule has 4 rings (SSSR count). The zero-order chi connectivity index (χ0) is 20.7. The number of nitrogens with one attached hydrogen (secondary N) is 1. The van der Waals surface area contributed by atoms with Crippen molar-refractivity contribution >= 4 is 29.1 Å². The van der Waals surface area contributed by atoms with Gasteiger partial charge < -0.3 is 5.32 Å². The fourth-order valence-electron chi connectivity index (χ4n) is 3.20. The van der Waals surface area contributed by atoms with Gasteiger partial charge in [0.15, 0.2) is 0 Å². The van der Waals surface area contributed by atoms with E-state index in [1.165, 1.54) is 18.2 Å². The SMILES string of the molecule is Cc1ccccc1N1C(=O)c2ccc(C(=O)Nc3cc(F)ccc3F)cc2C1=O. The monoisotopic (exact) mass is 392 g/mol. The van der Waals surface area contributed by atoms with Gasteiger partial charge in [0.2, 0.25) is 0 Å². The quantitative estimate of drug-likeness (QED) is 0.675. The molecule has 7 heteroatoms. The number of anilines is 2. The molecular formula is C22H14F2N2O3. The molecule has 29 heavy (non-hydrogen) atoms. The zero-order valence-corrected chi connectivity index (χ0v) is 15.2. The minimum Gasteiger partial charge on any atom is -0.319 e. The van der Waals surface area contributed by atoms with Crippen molar-refractivity contribution in [2.24, 2.45) is 0 Å². The lowest BCUT2D eigenvalue weighted by Crippen LogP contribution is -2.29. The van der Waals surface area contributed by atoms with Gasteiger partial charge in [-0.25, -0.2) is 13.7 Å². The first-order valence-corrected chi connectivity index (χ1v) is 8.71. The van der Waals surface area contributed by atoms with Crippen molar-refractivity contribution in [3.8, 4) is 0 Å². The predicted octanol–water partition coefficient (Wildman–Crippen LogP) is 4.33. The molecule has 0 saturated carbocycles. The van der Waals surface area contributed by atoms with Crippen LogP contribution in [-0.2, 0) is 0 Å². The maximum atomic E-state index is 13.8. The first kappa shape index (κ1) is 18.5. The fourth-order valence-corrected chi connectivity index (χ4v) is 3.20. The molecule has 0 bridgehead atoms. The van der Waals surface area contributed by atoms with Crippen molar-refractivity contribution < 1.29 is 23.2 Å². The molecule has 3 aromatic rings. The third kappa shape index (κ3) is 3.16. The van der Waals surface area contributed by atoms with Gasteiger partial charge in [-0.15, -0.1) is 0 Å². The Kier molecular flexibility index (Phi) is 4.43. The number of benzene rings is 3. The molecular weight excluding hydrogens is 378 g/mol. The van der Waals surface area contributed by atoms with E-state index < -0.39 is 29.4 Å². The Morgan fingerprint density at radius 1 is 0.897 bits per heavy atom. The number of nitrogens with zero attached hydrogens (tertiary/aromatic N) is 1. The number of halogens is 2. The maximum Gasteiger partial charge on any atom is 0.266 e. The second-order valence-corrected chi connectivity index (χ2v) is 6.57. The number of rotatable bonds is 3. The van der Waals surface area contributed by atoms with E-state index in [1.807, 2.05) is 0 Å². The largest absolute Gasteiger partial charge is 0.319 e. The Bertz CT molecular complexity index is 1190. The molecule has 1 aliphatic rings. The number of hydrogen-bond donors (Lipinski definition) is 1. The predicted molar refractivity (Wildman–Crippen MR) is 103 cm³/mol. The van der Waals surface area contributed by atoms with Gasteiger partial charge in [0.05, 0.1) is 22.5 Å². The second kappa shape index (κ2) is 6.94. The van der Waals surface area contributed by atoms with Gasteiger partial charge in [-0.05, 0) is 48.9 Å². The Labute approximate surface area is 164 Å². The molecule has 0 saturated heterocycles. The second-order valence-electron chi connectivity index (χ2n) is 6.57. The van der Waals surface area contributed by atoms with Gasteiger partial charge in [0, 0.05) is 11.6 Å². The molecule has 144 valence electrons. The highest BCUT2D eigenvalue weighted by molar-refractivity contribution is 6.35. The third-order valence-corrected chi connectivity index (χ3v) is 4.68. The van der Waals surface area contributed by atoms with E-state index in [0.717, 1.165) is 28.7 Å². The topological polar surface area (TPSA) is 66.5 Å². The van der Waals surface area contributed by atoms with Crippen LogP contribution in [0.2, 0.25) is 0 Å². The smallest absolute Gasteiger partial charge is 0.266 e. The van der Waals surface area contributed by atoms with E-state index in [2.05, 4.69) is 5.32 Å². The van der Waals surface area contributed by atoms with Crippen molar-refractivity contribution in [1.29, 1.82) is 0 Å². The summed E-state index contributed by atoms with van der Waals surface area (Å²) in [7, 11) is 0. The first-order chi connectivity index (χ1) is 13.9. The lowest BCUT2D eigenvalue weighted by molar-refractivity contribution is 0.0925. The highest BCUT2D eigenvalue weighted by Gasteiger charge is 2.37. The molecule has 0 unspecified atom stereocenters. The van der Waals surface area contributed by atoms with Gasteiger partial charge in [-0.2, -0.15) is 0 Å². The maximum absolute atomic E-state index is 13.8. The number of hydrogen-bond acceptors (Lipinski definition) is 3. The van der Waals surface area contributed by atoms with Crippen LogP contribution in [0.3, 0.4) is 0 Å². The molecule has 0 aromatic heterocycles. The van der Waals surface area contributed by atoms with Crippen LogP contribution in [0.1, 0.15) is 36.6 Å². The minimum atomic E-state index is -0.794. The summed E-state index contributed by atoms with van der Waals surface area (Å²) in [6.07, 6.45) is 0. The van der Waals surface area contributed by atoms with Gasteiger partial charge in [0.1, 0.15) is 11.6 Å². The van der Waals surface area contributed by atoms with Crippen LogP contribution in [0, 0.1) is 18.6 Å². The van der Waals surface area contributed by atoms with Crippen molar-refractivity contribution in [2.75, 3.05) is 10.2 Å². The van der Waals surface area contributed by atoms with Crippen LogP contribution in [0.4, 0.5) is 20.2 Å². The van der Waals surface area contributed by atoms with E-state index in [9.17, 15) is 23.2 Å². The molecule has 0 atom stereocenters. The molecule has 3 amide bonds. The first-order valence-electron chi connectivity index (χ1n) is 8.71. The standard InChI is InChI=1S/C22H14F2N2O3/c1-12-4-2-3-5-19(12)26-21(28)15-8-6-13(10-16(15)22(26)29)20(27)25-18-11-14(23)7-9-17(18)24/h2-11H,1H3,(H,25,27). The van der Waals surface area contributed by atoms with Crippen LogP contribution in [-0.4, -0.2) is 17.7 Å². The van der Waals surface area contributed by atoms with E-state index in [4.69, 9.17) is 0 Å². The van der Waals surface area contributed by atoms with Crippen molar-refractivity contribution in [3.05, 3.63) is 94.6 Å². The number of carbonyl (C=O) groups is 3. The van der Waals surface area contributed by atoms with Crippen LogP contribution >= 0.6 is 0 Å². The number of imide groups is 1. The van der Waals surface area contributed by atoms with E-state index in [1.54, 1.807) is 31.2 Å². The molecule has 1 aliphatic heterocycles. The summed E-state index contributed by atoms with van der Waals surface area (Å²) in [6, 6.07) is 13.7. The highest BCUT2D eigenvalue weighted by atomic mass is 19.1. The number of amides is 3. The number of para-hydroxylation sites is 1. The van der Waals surface area contributed by atoms with Crippen molar-refractivity contribution in [3.63, 3.8) is 0 Å². The number of aryl methyl sites for hydroxylation is 1. The van der Waals surface area contributed by atoms with Gasteiger partial charge in [-0.3, -0.25) is 14.4 Å². The summed E-state index contributed by atoms with van der Waals surface area (Å²) in [5, 5.41) is 2.27. The molecule has 0 fully saturated rings. The normalized spacial score (nSPS) is 12.9. The fraction of sp³-hybridized carbons (Fsp3) is 0.0455. The van der Waals surface area contributed by atoms with E-state index in [-0.39, 0.29) is 22.4 Å². The Morgan fingerprint density at radius 3 is 2.38 bits per heavy atom. The van der Waals surface area contributed by atoms with Crippen molar-refractivity contribution in [1.82, 2.24) is 0 Å². The average molecular weight is 392 g/mol. The van der Waals surface area contributed by atoms with Crippen molar-refractivity contribution in [2.45, 2.75) is 6.92 Å². The molecule has 3 aromatic carbocycles. The molecule has 0 spiro atoms. The van der Waals surface area contributed by atoms with Crippen LogP contribution < -0.4 is 10.2 Å². The summed E-state index contributed by atoms with van der Waals surface area (Å²) >= 11 is 0. The molecule has 0 radical (unpaired) electrons. The van der Waals surface area contributed by atoms with Crippen LogP contribution in [0.15, 0.2) is 60.7 Å². The summed E-state index contributed by atoms with van der Waals surface area (Å²) in [5.41, 5.74) is 1.19. The minimum absolute atomic E-state index is 0.0418. The Morgan fingerprint density at radius 2 is 1.62 bits per heavy atom.